The molecule has 2 heteroatoms. The zero-order valence-electron chi connectivity index (χ0n) is 9.51. The molecule has 2 unspecified atom stereocenters. The zero-order chi connectivity index (χ0) is 10.4. The Hall–Kier alpha value is -0.340. The molecular weight excluding hydrogens is 174 g/mol. The highest BCUT2D eigenvalue weighted by molar-refractivity contribution is 5.02. The fraction of sp³-hybridized carbons (Fsp3) is 0.833. The van der Waals surface area contributed by atoms with Crippen molar-refractivity contribution in [3.8, 4) is 0 Å². The molecule has 0 aromatic rings. The van der Waals surface area contributed by atoms with Crippen molar-refractivity contribution >= 4 is 0 Å². The second kappa shape index (κ2) is 6.20. The van der Waals surface area contributed by atoms with Crippen LogP contribution in [0.15, 0.2) is 12.2 Å². The largest absolute Gasteiger partial charge is 0.378 e. The lowest BCUT2D eigenvalue weighted by molar-refractivity contribution is 0.0978. The monoisotopic (exact) mass is 197 g/mol. The standard InChI is InChI=1S/C12H23NO/c1-4-7-13-12(10(2)3)9-11-6-5-8-14-11/h11-13H,2,4-9H2,1,3H3. The van der Waals surface area contributed by atoms with Crippen molar-refractivity contribution < 1.29 is 4.74 Å². The fourth-order valence-electron chi connectivity index (χ4n) is 1.87. The Morgan fingerprint density at radius 1 is 1.64 bits per heavy atom. The normalized spacial score (nSPS) is 23.7. The topological polar surface area (TPSA) is 21.3 Å². The average molecular weight is 197 g/mol. The van der Waals surface area contributed by atoms with Crippen molar-refractivity contribution in [1.29, 1.82) is 0 Å². The number of nitrogens with one attached hydrogen (secondary N) is 1. The van der Waals surface area contributed by atoms with Gasteiger partial charge in [-0.15, -0.1) is 0 Å². The first-order chi connectivity index (χ1) is 6.74. The van der Waals surface area contributed by atoms with Gasteiger partial charge in [-0.05, 0) is 39.2 Å². The van der Waals surface area contributed by atoms with E-state index in [2.05, 4.69) is 25.7 Å². The highest BCUT2D eigenvalue weighted by atomic mass is 16.5. The third-order valence-electron chi connectivity index (χ3n) is 2.76. The number of hydrogen-bond donors (Lipinski definition) is 1. The molecule has 0 radical (unpaired) electrons. The third-order valence-corrected chi connectivity index (χ3v) is 2.76. The van der Waals surface area contributed by atoms with Gasteiger partial charge in [-0.1, -0.05) is 19.1 Å². The van der Waals surface area contributed by atoms with Crippen LogP contribution >= 0.6 is 0 Å². The summed E-state index contributed by atoms with van der Waals surface area (Å²) in [5, 5.41) is 3.52. The molecule has 1 saturated heterocycles. The van der Waals surface area contributed by atoms with Gasteiger partial charge in [0.2, 0.25) is 0 Å². The van der Waals surface area contributed by atoms with Crippen LogP contribution in [0, 0.1) is 0 Å². The molecule has 82 valence electrons. The van der Waals surface area contributed by atoms with Crippen molar-refractivity contribution in [2.45, 2.75) is 51.7 Å². The van der Waals surface area contributed by atoms with Gasteiger partial charge in [0.15, 0.2) is 0 Å². The SMILES string of the molecule is C=C(C)C(CC1CCCO1)NCCC. The maximum atomic E-state index is 5.63. The molecule has 0 saturated carbocycles. The summed E-state index contributed by atoms with van der Waals surface area (Å²) in [7, 11) is 0. The van der Waals surface area contributed by atoms with E-state index in [9.17, 15) is 0 Å². The first kappa shape index (κ1) is 11.7. The van der Waals surface area contributed by atoms with Crippen molar-refractivity contribution in [3.05, 3.63) is 12.2 Å². The van der Waals surface area contributed by atoms with Crippen LogP contribution in [0.5, 0.6) is 0 Å². The molecule has 1 fully saturated rings. The van der Waals surface area contributed by atoms with Gasteiger partial charge < -0.3 is 10.1 Å². The molecule has 2 atom stereocenters. The van der Waals surface area contributed by atoms with Gasteiger partial charge in [-0.2, -0.15) is 0 Å². The highest BCUT2D eigenvalue weighted by Gasteiger charge is 2.20. The molecule has 2 nitrogen and oxygen atoms in total. The molecule has 1 aliphatic heterocycles. The lowest BCUT2D eigenvalue weighted by Crippen LogP contribution is -2.33. The molecule has 0 bridgehead atoms. The maximum absolute atomic E-state index is 5.63. The molecule has 1 rings (SSSR count). The summed E-state index contributed by atoms with van der Waals surface area (Å²) >= 11 is 0. The predicted molar refractivity (Wildman–Crippen MR) is 60.5 cm³/mol. The molecule has 0 aliphatic carbocycles. The van der Waals surface area contributed by atoms with E-state index in [1.807, 2.05) is 0 Å². The molecule has 0 aromatic carbocycles. The minimum Gasteiger partial charge on any atom is -0.378 e. The van der Waals surface area contributed by atoms with Crippen LogP contribution in [0.25, 0.3) is 0 Å². The maximum Gasteiger partial charge on any atom is 0.0594 e. The average Bonchev–Trinajstić information content (AvgIpc) is 2.64. The van der Waals surface area contributed by atoms with Crippen molar-refractivity contribution in [3.63, 3.8) is 0 Å². The Bertz CT molecular complexity index is 173. The van der Waals surface area contributed by atoms with Crippen LogP contribution in [-0.4, -0.2) is 25.3 Å². The van der Waals surface area contributed by atoms with E-state index in [1.165, 1.54) is 24.8 Å². The van der Waals surface area contributed by atoms with Crippen LogP contribution in [0.2, 0.25) is 0 Å². The van der Waals surface area contributed by atoms with Gasteiger partial charge in [-0.3, -0.25) is 0 Å². The number of rotatable bonds is 6. The minimum atomic E-state index is 0.443. The molecule has 0 aromatic heterocycles. The van der Waals surface area contributed by atoms with Gasteiger partial charge >= 0.3 is 0 Å². The molecule has 1 N–H and O–H groups in total. The van der Waals surface area contributed by atoms with E-state index in [-0.39, 0.29) is 0 Å². The summed E-state index contributed by atoms with van der Waals surface area (Å²) in [6, 6.07) is 0.443. The van der Waals surface area contributed by atoms with Crippen LogP contribution in [0.1, 0.15) is 39.5 Å². The zero-order valence-corrected chi connectivity index (χ0v) is 9.51. The Labute approximate surface area is 87.7 Å². The molecule has 1 heterocycles. The summed E-state index contributed by atoms with van der Waals surface area (Å²) in [4.78, 5) is 0. The first-order valence-corrected chi connectivity index (χ1v) is 5.74. The third kappa shape index (κ3) is 3.81. The lowest BCUT2D eigenvalue weighted by Gasteiger charge is -2.21. The summed E-state index contributed by atoms with van der Waals surface area (Å²) in [6.45, 7) is 10.3. The van der Waals surface area contributed by atoms with E-state index in [4.69, 9.17) is 4.74 Å². The summed E-state index contributed by atoms with van der Waals surface area (Å²) in [6.07, 6.45) is 5.17. The Kier molecular flexibility index (Phi) is 5.20. The Morgan fingerprint density at radius 3 is 2.93 bits per heavy atom. The number of ether oxygens (including phenoxy) is 1. The van der Waals surface area contributed by atoms with Gasteiger partial charge in [0, 0.05) is 12.6 Å². The van der Waals surface area contributed by atoms with E-state index in [0.717, 1.165) is 19.6 Å². The molecule has 1 aliphatic rings. The molecule has 0 amide bonds. The second-order valence-corrected chi connectivity index (χ2v) is 4.22. The quantitative estimate of drug-likeness (QED) is 0.661. The number of hydrogen-bond acceptors (Lipinski definition) is 2. The van der Waals surface area contributed by atoms with Crippen molar-refractivity contribution in [2.75, 3.05) is 13.2 Å². The van der Waals surface area contributed by atoms with Gasteiger partial charge in [0.25, 0.3) is 0 Å². The van der Waals surface area contributed by atoms with Crippen LogP contribution in [0.4, 0.5) is 0 Å². The summed E-state index contributed by atoms with van der Waals surface area (Å²) in [5.41, 5.74) is 1.23. The second-order valence-electron chi connectivity index (χ2n) is 4.22. The summed E-state index contributed by atoms with van der Waals surface area (Å²) in [5.74, 6) is 0. The van der Waals surface area contributed by atoms with Crippen LogP contribution in [-0.2, 0) is 4.74 Å². The lowest BCUT2D eigenvalue weighted by atomic mass is 10.0. The molecule has 0 spiro atoms. The van der Waals surface area contributed by atoms with Crippen LogP contribution in [0.3, 0.4) is 0 Å². The smallest absolute Gasteiger partial charge is 0.0594 e. The fourth-order valence-corrected chi connectivity index (χ4v) is 1.87. The van der Waals surface area contributed by atoms with E-state index in [1.54, 1.807) is 0 Å². The van der Waals surface area contributed by atoms with E-state index in [0.29, 0.717) is 12.1 Å². The van der Waals surface area contributed by atoms with Crippen molar-refractivity contribution in [1.82, 2.24) is 5.32 Å². The Balaban J connectivity index is 2.30. The van der Waals surface area contributed by atoms with Gasteiger partial charge in [-0.25, -0.2) is 0 Å². The predicted octanol–water partition coefficient (Wildman–Crippen LogP) is 2.50. The molecule has 14 heavy (non-hydrogen) atoms. The van der Waals surface area contributed by atoms with Gasteiger partial charge in [0.1, 0.15) is 0 Å². The first-order valence-electron chi connectivity index (χ1n) is 5.74. The van der Waals surface area contributed by atoms with Gasteiger partial charge in [0.05, 0.1) is 6.10 Å². The Morgan fingerprint density at radius 2 is 2.43 bits per heavy atom. The van der Waals surface area contributed by atoms with E-state index >= 15 is 0 Å². The molecular formula is C12H23NO. The van der Waals surface area contributed by atoms with E-state index < -0.39 is 0 Å². The minimum absolute atomic E-state index is 0.443. The van der Waals surface area contributed by atoms with Crippen molar-refractivity contribution in [2.24, 2.45) is 0 Å². The van der Waals surface area contributed by atoms with Crippen LogP contribution < -0.4 is 5.32 Å². The summed E-state index contributed by atoms with van der Waals surface area (Å²) < 4.78 is 5.63. The highest BCUT2D eigenvalue weighted by Crippen LogP contribution is 2.19.